The van der Waals surface area contributed by atoms with Crippen LogP contribution in [0.5, 0.6) is 0 Å². The van der Waals surface area contributed by atoms with Gasteiger partial charge in [-0.15, -0.1) is 0 Å². The van der Waals surface area contributed by atoms with Crippen LogP contribution < -0.4 is 0 Å². The summed E-state index contributed by atoms with van der Waals surface area (Å²) in [6.07, 6.45) is 10.9. The lowest BCUT2D eigenvalue weighted by Gasteiger charge is -2.19. The zero-order chi connectivity index (χ0) is 10.4. The van der Waals surface area contributed by atoms with Crippen LogP contribution in [0.3, 0.4) is 0 Å². The lowest BCUT2D eigenvalue weighted by molar-refractivity contribution is 0.0821. The molecule has 1 rings (SSSR count). The fourth-order valence-corrected chi connectivity index (χ4v) is 1.90. The van der Waals surface area contributed by atoms with E-state index in [9.17, 15) is 0 Å². The molecule has 0 aliphatic carbocycles. The molecule has 0 amide bonds. The Balaban J connectivity index is 2.66. The zero-order valence-corrected chi connectivity index (χ0v) is 9.20. The lowest BCUT2D eigenvalue weighted by atomic mass is 9.92. The molecular formula is C13H20O. The second kappa shape index (κ2) is 5.82. The summed E-state index contributed by atoms with van der Waals surface area (Å²) in [5, 5.41) is 0. The van der Waals surface area contributed by atoms with Crippen LogP contribution >= 0.6 is 0 Å². The van der Waals surface area contributed by atoms with E-state index in [1.54, 1.807) is 0 Å². The Morgan fingerprint density at radius 3 is 2.86 bits per heavy atom. The van der Waals surface area contributed by atoms with Crippen molar-refractivity contribution in [3.05, 3.63) is 36.5 Å². The van der Waals surface area contributed by atoms with E-state index in [2.05, 4.69) is 31.7 Å². The van der Waals surface area contributed by atoms with Crippen molar-refractivity contribution in [2.24, 2.45) is 5.92 Å². The number of ether oxygens (including phenoxy) is 1. The molecule has 0 spiro atoms. The number of hydrogen-bond donors (Lipinski definition) is 0. The standard InChI is InChI=1S/C13H20O/c1-4-7-12(8-5-2)11(3)13-9-6-10-14-13/h4-5,7-8,11,13H,1,6,9-10H2,2-3H3/b8-5-,12-7+. The van der Waals surface area contributed by atoms with Gasteiger partial charge in [0.15, 0.2) is 0 Å². The third kappa shape index (κ3) is 2.85. The topological polar surface area (TPSA) is 9.23 Å². The third-order valence-electron chi connectivity index (χ3n) is 2.72. The molecule has 0 aromatic rings. The van der Waals surface area contributed by atoms with Crippen molar-refractivity contribution in [2.45, 2.75) is 32.8 Å². The molecule has 1 nitrogen and oxygen atoms in total. The van der Waals surface area contributed by atoms with Crippen LogP contribution in [0.25, 0.3) is 0 Å². The molecule has 1 heterocycles. The fourth-order valence-electron chi connectivity index (χ4n) is 1.90. The van der Waals surface area contributed by atoms with Crippen molar-refractivity contribution in [1.82, 2.24) is 0 Å². The first-order chi connectivity index (χ1) is 6.79. The van der Waals surface area contributed by atoms with Crippen molar-refractivity contribution in [2.75, 3.05) is 6.61 Å². The Kier molecular flexibility index (Phi) is 4.68. The minimum atomic E-state index is 0.400. The Labute approximate surface area is 87.2 Å². The average Bonchev–Trinajstić information content (AvgIpc) is 2.69. The SMILES string of the molecule is C=C/C=C(\C=C/C)C(C)C1CCCO1. The quantitative estimate of drug-likeness (QED) is 0.619. The molecule has 0 bridgehead atoms. The maximum absolute atomic E-state index is 5.68. The predicted octanol–water partition coefficient (Wildman–Crippen LogP) is 3.49. The molecule has 1 heteroatoms. The van der Waals surface area contributed by atoms with Crippen molar-refractivity contribution < 1.29 is 4.74 Å². The van der Waals surface area contributed by atoms with Crippen molar-refractivity contribution in [3.8, 4) is 0 Å². The molecule has 0 saturated carbocycles. The highest BCUT2D eigenvalue weighted by molar-refractivity contribution is 5.25. The Morgan fingerprint density at radius 2 is 2.36 bits per heavy atom. The van der Waals surface area contributed by atoms with Crippen molar-refractivity contribution >= 4 is 0 Å². The summed E-state index contributed by atoms with van der Waals surface area (Å²) in [5.41, 5.74) is 1.31. The molecule has 2 unspecified atom stereocenters. The van der Waals surface area contributed by atoms with Crippen molar-refractivity contribution in [3.63, 3.8) is 0 Å². The smallest absolute Gasteiger partial charge is 0.0641 e. The molecule has 1 fully saturated rings. The summed E-state index contributed by atoms with van der Waals surface area (Å²) in [5.74, 6) is 0.478. The van der Waals surface area contributed by atoms with Crippen LogP contribution in [0.1, 0.15) is 26.7 Å². The van der Waals surface area contributed by atoms with Crippen molar-refractivity contribution in [1.29, 1.82) is 0 Å². The Hall–Kier alpha value is -0.820. The first kappa shape index (κ1) is 11.3. The zero-order valence-electron chi connectivity index (χ0n) is 9.20. The fraction of sp³-hybridized carbons (Fsp3) is 0.538. The van der Waals surface area contributed by atoms with Gasteiger partial charge in [0.25, 0.3) is 0 Å². The summed E-state index contributed by atoms with van der Waals surface area (Å²) in [6, 6.07) is 0. The van der Waals surface area contributed by atoms with E-state index < -0.39 is 0 Å². The van der Waals surface area contributed by atoms with E-state index in [4.69, 9.17) is 4.74 Å². The van der Waals surface area contributed by atoms with E-state index in [1.165, 1.54) is 18.4 Å². The lowest BCUT2D eigenvalue weighted by Crippen LogP contribution is -2.17. The van der Waals surface area contributed by atoms with Crippen LogP contribution in [0.4, 0.5) is 0 Å². The summed E-state index contributed by atoms with van der Waals surface area (Å²) < 4.78 is 5.68. The first-order valence-corrected chi connectivity index (χ1v) is 5.36. The number of rotatable bonds is 4. The first-order valence-electron chi connectivity index (χ1n) is 5.36. The molecule has 0 N–H and O–H groups in total. The van der Waals surface area contributed by atoms with Gasteiger partial charge in [0.1, 0.15) is 0 Å². The van der Waals surface area contributed by atoms with Gasteiger partial charge in [-0.3, -0.25) is 0 Å². The van der Waals surface area contributed by atoms with Gasteiger partial charge in [0, 0.05) is 12.5 Å². The van der Waals surface area contributed by atoms with Gasteiger partial charge in [-0.05, 0) is 25.3 Å². The van der Waals surface area contributed by atoms with Crippen LogP contribution in [0.15, 0.2) is 36.5 Å². The van der Waals surface area contributed by atoms with Gasteiger partial charge < -0.3 is 4.74 Å². The highest BCUT2D eigenvalue weighted by atomic mass is 16.5. The molecule has 1 saturated heterocycles. The molecular weight excluding hydrogens is 172 g/mol. The number of hydrogen-bond acceptors (Lipinski definition) is 1. The van der Waals surface area contributed by atoms with E-state index in [-0.39, 0.29) is 0 Å². The minimum absolute atomic E-state index is 0.400. The van der Waals surface area contributed by atoms with Gasteiger partial charge >= 0.3 is 0 Å². The second-order valence-electron chi connectivity index (χ2n) is 3.74. The summed E-state index contributed by atoms with van der Waals surface area (Å²) in [7, 11) is 0. The third-order valence-corrected chi connectivity index (χ3v) is 2.72. The molecule has 1 aliphatic rings. The largest absolute Gasteiger partial charge is 0.378 e. The summed E-state index contributed by atoms with van der Waals surface area (Å²) in [6.45, 7) is 8.93. The summed E-state index contributed by atoms with van der Waals surface area (Å²) >= 11 is 0. The van der Waals surface area contributed by atoms with Crippen LogP contribution in [0, 0.1) is 5.92 Å². The predicted molar refractivity (Wildman–Crippen MR) is 61.2 cm³/mol. The molecule has 1 aliphatic heterocycles. The second-order valence-corrected chi connectivity index (χ2v) is 3.74. The molecule has 0 aromatic heterocycles. The van der Waals surface area contributed by atoms with Gasteiger partial charge in [-0.2, -0.15) is 0 Å². The van der Waals surface area contributed by atoms with E-state index in [1.807, 2.05) is 13.0 Å². The van der Waals surface area contributed by atoms with Gasteiger partial charge in [-0.25, -0.2) is 0 Å². The molecule has 0 radical (unpaired) electrons. The minimum Gasteiger partial charge on any atom is -0.378 e. The highest BCUT2D eigenvalue weighted by Crippen LogP contribution is 2.26. The monoisotopic (exact) mass is 192 g/mol. The number of allylic oxidation sites excluding steroid dienone is 4. The molecule has 78 valence electrons. The normalized spacial score (nSPS) is 25.6. The Bertz CT molecular complexity index is 232. The average molecular weight is 192 g/mol. The van der Waals surface area contributed by atoms with E-state index in [0.717, 1.165) is 6.61 Å². The molecule has 2 atom stereocenters. The molecule has 14 heavy (non-hydrogen) atoms. The molecule has 0 aromatic carbocycles. The van der Waals surface area contributed by atoms with Crippen LogP contribution in [-0.2, 0) is 4.74 Å². The van der Waals surface area contributed by atoms with E-state index in [0.29, 0.717) is 12.0 Å². The maximum Gasteiger partial charge on any atom is 0.0641 e. The summed E-state index contributed by atoms with van der Waals surface area (Å²) in [4.78, 5) is 0. The van der Waals surface area contributed by atoms with Gasteiger partial charge in [0.2, 0.25) is 0 Å². The van der Waals surface area contributed by atoms with Gasteiger partial charge in [-0.1, -0.05) is 37.8 Å². The van der Waals surface area contributed by atoms with Gasteiger partial charge in [0.05, 0.1) is 6.10 Å². The van der Waals surface area contributed by atoms with Crippen LogP contribution in [0.2, 0.25) is 0 Å². The van der Waals surface area contributed by atoms with Crippen LogP contribution in [-0.4, -0.2) is 12.7 Å². The maximum atomic E-state index is 5.68. The highest BCUT2D eigenvalue weighted by Gasteiger charge is 2.23. The van der Waals surface area contributed by atoms with E-state index >= 15 is 0 Å². The Morgan fingerprint density at radius 1 is 1.57 bits per heavy atom.